The van der Waals surface area contributed by atoms with Gasteiger partial charge in [-0.3, -0.25) is 4.79 Å². The number of rotatable bonds is 1. The van der Waals surface area contributed by atoms with Gasteiger partial charge in [0, 0.05) is 22.5 Å². The van der Waals surface area contributed by atoms with Crippen LogP contribution in [0.5, 0.6) is 0 Å². The maximum Gasteiger partial charge on any atom is 0.248 e. The van der Waals surface area contributed by atoms with Gasteiger partial charge in [-0.05, 0) is 30.4 Å². The van der Waals surface area contributed by atoms with E-state index in [4.69, 9.17) is 27.9 Å². The Hall–Kier alpha value is -1.03. The molecule has 22 heavy (non-hydrogen) atoms. The molecule has 114 valence electrons. The van der Waals surface area contributed by atoms with Gasteiger partial charge in [-0.2, -0.15) is 0 Å². The van der Waals surface area contributed by atoms with Crippen LogP contribution in [0.25, 0.3) is 0 Å². The predicted octanol–water partition coefficient (Wildman–Crippen LogP) is 3.16. The van der Waals surface area contributed by atoms with Crippen LogP contribution in [0, 0.1) is 17.8 Å². The SMILES string of the molecule is O=C1[C@H](Cl)[C@@]2(c3ccc(Cl)cc3)OC[C@H]3[C@H]([C@@H]4C=C[C@H]3C4)N12. The van der Waals surface area contributed by atoms with E-state index in [0.717, 1.165) is 12.0 Å². The molecule has 4 aliphatic rings. The number of allylic oxidation sites excluding steroid dienone is 1. The summed E-state index contributed by atoms with van der Waals surface area (Å²) in [6.45, 7) is 0.659. The van der Waals surface area contributed by atoms with Crippen LogP contribution >= 0.6 is 23.2 Å². The van der Waals surface area contributed by atoms with Gasteiger partial charge in [0.25, 0.3) is 0 Å². The van der Waals surface area contributed by atoms with Crippen LogP contribution in [0.4, 0.5) is 0 Å². The Bertz CT molecular complexity index is 688. The predicted molar refractivity (Wildman–Crippen MR) is 83.6 cm³/mol. The van der Waals surface area contributed by atoms with Crippen LogP contribution in [0.1, 0.15) is 12.0 Å². The van der Waals surface area contributed by atoms with Crippen molar-refractivity contribution in [3.63, 3.8) is 0 Å². The molecule has 3 fully saturated rings. The zero-order chi connectivity index (χ0) is 15.1. The second-order valence-corrected chi connectivity index (χ2v) is 7.56. The summed E-state index contributed by atoms with van der Waals surface area (Å²) in [5.41, 5.74) is 0.101. The summed E-state index contributed by atoms with van der Waals surface area (Å²) in [5, 5.41) is 0.0118. The molecule has 5 rings (SSSR count). The molecule has 0 spiro atoms. The van der Waals surface area contributed by atoms with Crippen molar-refractivity contribution in [2.45, 2.75) is 23.6 Å². The number of amides is 1. The van der Waals surface area contributed by atoms with Crippen LogP contribution in [-0.2, 0) is 15.3 Å². The Balaban J connectivity index is 1.61. The normalized spacial score (nSPS) is 44.7. The molecular weight excluding hydrogens is 321 g/mol. The molecule has 2 heterocycles. The van der Waals surface area contributed by atoms with E-state index in [0.29, 0.717) is 29.4 Å². The van der Waals surface area contributed by atoms with E-state index < -0.39 is 11.1 Å². The number of carbonyl (C=O) groups is 1. The van der Waals surface area contributed by atoms with Crippen LogP contribution in [0.2, 0.25) is 5.02 Å². The molecule has 0 N–H and O–H groups in total. The summed E-state index contributed by atoms with van der Waals surface area (Å²) < 4.78 is 6.24. The number of halogens is 2. The quantitative estimate of drug-likeness (QED) is 0.448. The minimum atomic E-state index is -0.817. The zero-order valence-corrected chi connectivity index (χ0v) is 13.3. The van der Waals surface area contributed by atoms with Crippen molar-refractivity contribution in [2.75, 3.05) is 6.61 Å². The molecule has 1 saturated carbocycles. The monoisotopic (exact) mass is 335 g/mol. The fourth-order valence-corrected chi connectivity index (χ4v) is 5.33. The summed E-state index contributed by atoms with van der Waals surface area (Å²) in [6, 6.07) is 7.71. The van der Waals surface area contributed by atoms with Gasteiger partial charge in [0.15, 0.2) is 11.1 Å². The lowest BCUT2D eigenvalue weighted by molar-refractivity contribution is -0.269. The number of alkyl halides is 1. The largest absolute Gasteiger partial charge is 0.349 e. The topological polar surface area (TPSA) is 29.5 Å². The highest BCUT2D eigenvalue weighted by atomic mass is 35.5. The maximum absolute atomic E-state index is 12.5. The molecule has 0 aromatic heterocycles. The maximum atomic E-state index is 12.5. The minimum Gasteiger partial charge on any atom is -0.349 e. The van der Waals surface area contributed by atoms with E-state index in [1.54, 1.807) is 0 Å². The van der Waals surface area contributed by atoms with Gasteiger partial charge < -0.3 is 9.64 Å². The summed E-state index contributed by atoms with van der Waals surface area (Å²) in [7, 11) is 0. The molecule has 1 aromatic rings. The third-order valence-corrected chi connectivity index (χ3v) is 6.52. The van der Waals surface area contributed by atoms with Crippen molar-refractivity contribution in [1.82, 2.24) is 4.90 Å². The second-order valence-electron chi connectivity index (χ2n) is 6.69. The molecule has 1 aromatic carbocycles. The summed E-state index contributed by atoms with van der Waals surface area (Å²) >= 11 is 12.4. The van der Waals surface area contributed by atoms with Gasteiger partial charge in [-0.25, -0.2) is 0 Å². The van der Waals surface area contributed by atoms with Crippen molar-refractivity contribution in [3.8, 4) is 0 Å². The lowest BCUT2D eigenvalue weighted by Gasteiger charge is -2.62. The molecule has 0 unspecified atom stereocenters. The highest BCUT2D eigenvalue weighted by Gasteiger charge is 2.70. The first-order valence-corrected chi connectivity index (χ1v) is 8.50. The Morgan fingerprint density at radius 2 is 1.91 bits per heavy atom. The van der Waals surface area contributed by atoms with E-state index >= 15 is 0 Å². The number of β-lactam (4-membered cyclic amide) rings is 1. The first-order chi connectivity index (χ1) is 10.6. The van der Waals surface area contributed by atoms with Crippen molar-refractivity contribution in [2.24, 2.45) is 17.8 Å². The molecule has 6 atom stereocenters. The minimum absolute atomic E-state index is 0.00716. The van der Waals surface area contributed by atoms with Crippen LogP contribution < -0.4 is 0 Å². The molecule has 0 radical (unpaired) electrons. The number of carbonyl (C=O) groups excluding carboxylic acids is 1. The molecule has 5 heteroatoms. The van der Waals surface area contributed by atoms with Crippen molar-refractivity contribution >= 4 is 29.1 Å². The van der Waals surface area contributed by atoms with Gasteiger partial charge in [-0.1, -0.05) is 35.9 Å². The van der Waals surface area contributed by atoms with E-state index in [1.807, 2.05) is 29.2 Å². The Kier molecular flexibility index (Phi) is 2.61. The van der Waals surface area contributed by atoms with Crippen LogP contribution in [0.15, 0.2) is 36.4 Å². The lowest BCUT2D eigenvalue weighted by Crippen LogP contribution is -2.78. The van der Waals surface area contributed by atoms with Gasteiger partial charge >= 0.3 is 0 Å². The summed E-state index contributed by atoms with van der Waals surface area (Å²) in [6.07, 6.45) is 5.68. The summed E-state index contributed by atoms with van der Waals surface area (Å²) in [4.78, 5) is 14.4. The van der Waals surface area contributed by atoms with E-state index in [2.05, 4.69) is 12.2 Å². The molecule has 2 aliphatic heterocycles. The molecule has 1 amide bonds. The Labute approximate surface area is 138 Å². The average molecular weight is 336 g/mol. The molecule has 2 aliphatic carbocycles. The molecule has 3 nitrogen and oxygen atoms in total. The smallest absolute Gasteiger partial charge is 0.248 e. The number of benzene rings is 1. The third-order valence-electron chi connectivity index (χ3n) is 5.78. The fourth-order valence-electron chi connectivity index (χ4n) is 4.80. The number of nitrogens with zero attached hydrogens (tertiary/aromatic N) is 1. The van der Waals surface area contributed by atoms with Crippen LogP contribution in [-0.4, -0.2) is 28.8 Å². The van der Waals surface area contributed by atoms with Gasteiger partial charge in [0.1, 0.15) is 0 Å². The molecule has 2 bridgehead atoms. The molecular formula is C17H15Cl2NO2. The van der Waals surface area contributed by atoms with E-state index in [1.165, 1.54) is 0 Å². The standard InChI is InChI=1S/C17H15Cl2NO2/c18-12-5-3-11(4-6-12)17-15(19)16(21)20(17)14-10-2-1-9(7-10)13(14)8-22-17/h1-6,9-10,13-15H,7-8H2/t9-,10+,13+,14-,15-,17+/m0/s1. The number of hydrogen-bond donors (Lipinski definition) is 0. The van der Waals surface area contributed by atoms with Crippen LogP contribution in [0.3, 0.4) is 0 Å². The van der Waals surface area contributed by atoms with Gasteiger partial charge in [-0.15, -0.1) is 11.6 Å². The van der Waals surface area contributed by atoms with Crippen molar-refractivity contribution < 1.29 is 9.53 Å². The van der Waals surface area contributed by atoms with Crippen molar-refractivity contribution in [1.29, 1.82) is 0 Å². The summed E-state index contributed by atoms with van der Waals surface area (Å²) in [5.74, 6) is 1.38. The Morgan fingerprint density at radius 3 is 2.68 bits per heavy atom. The number of fused-ring (bicyclic) bond motifs is 7. The van der Waals surface area contributed by atoms with E-state index in [9.17, 15) is 4.79 Å². The first kappa shape index (κ1) is 13.4. The Morgan fingerprint density at radius 1 is 1.18 bits per heavy atom. The van der Waals surface area contributed by atoms with E-state index in [-0.39, 0.29) is 11.9 Å². The highest BCUT2D eigenvalue weighted by Crippen LogP contribution is 2.58. The highest BCUT2D eigenvalue weighted by molar-refractivity contribution is 6.34. The first-order valence-electron chi connectivity index (χ1n) is 7.68. The van der Waals surface area contributed by atoms with Gasteiger partial charge in [0.05, 0.1) is 6.61 Å². The number of hydrogen-bond acceptors (Lipinski definition) is 2. The third kappa shape index (κ3) is 1.41. The lowest BCUT2D eigenvalue weighted by atomic mass is 9.77. The van der Waals surface area contributed by atoms with Crippen molar-refractivity contribution in [3.05, 3.63) is 47.0 Å². The van der Waals surface area contributed by atoms with Gasteiger partial charge in [0.2, 0.25) is 5.91 Å². The fraction of sp³-hybridized carbons (Fsp3) is 0.471. The number of ether oxygens (including phenoxy) is 1. The molecule has 2 saturated heterocycles. The average Bonchev–Trinajstić information content (AvgIpc) is 3.15. The second kappa shape index (κ2) is 4.28. The zero-order valence-electron chi connectivity index (χ0n) is 11.8.